The largest absolute Gasteiger partial charge is 0.377 e. The molecule has 4 atom stereocenters. The molecule has 3 aliphatic rings. The molecule has 2 aliphatic heterocycles. The van der Waals surface area contributed by atoms with Crippen LogP contribution in [0.25, 0.3) is 0 Å². The third-order valence-corrected chi connectivity index (χ3v) is 6.87. The maximum absolute atomic E-state index is 11.6. The van der Waals surface area contributed by atoms with Gasteiger partial charge in [-0.05, 0) is 66.8 Å². The number of hydrogen-bond acceptors (Lipinski definition) is 3. The van der Waals surface area contributed by atoms with Gasteiger partial charge in [0.2, 0.25) is 5.91 Å². The highest BCUT2D eigenvalue weighted by molar-refractivity contribution is 5.93. The fourth-order valence-electron chi connectivity index (χ4n) is 5.14. The van der Waals surface area contributed by atoms with Crippen molar-refractivity contribution in [1.29, 1.82) is 0 Å². The average molecular weight is 328 g/mol. The highest BCUT2D eigenvalue weighted by atomic mass is 16.5. The molecule has 1 aromatic carbocycles. The van der Waals surface area contributed by atoms with E-state index in [1.165, 1.54) is 24.0 Å². The summed E-state index contributed by atoms with van der Waals surface area (Å²) in [6, 6.07) is 6.64. The molecule has 4 nitrogen and oxygen atoms in total. The van der Waals surface area contributed by atoms with Crippen LogP contribution in [0.2, 0.25) is 0 Å². The predicted molar refractivity (Wildman–Crippen MR) is 94.1 cm³/mol. The minimum absolute atomic E-state index is 0.136. The van der Waals surface area contributed by atoms with Crippen molar-refractivity contribution in [2.24, 2.45) is 11.7 Å². The van der Waals surface area contributed by atoms with Crippen molar-refractivity contribution in [1.82, 2.24) is 4.90 Å². The van der Waals surface area contributed by atoms with Gasteiger partial charge in [-0.15, -0.1) is 0 Å². The van der Waals surface area contributed by atoms with Crippen molar-refractivity contribution in [2.75, 3.05) is 19.7 Å². The lowest BCUT2D eigenvalue weighted by Crippen LogP contribution is -2.59. The van der Waals surface area contributed by atoms with Gasteiger partial charge in [-0.2, -0.15) is 0 Å². The third-order valence-electron chi connectivity index (χ3n) is 6.87. The number of carbonyl (C=O) groups is 1. The Labute approximate surface area is 144 Å². The van der Waals surface area contributed by atoms with E-state index in [1.54, 1.807) is 0 Å². The van der Waals surface area contributed by atoms with Gasteiger partial charge in [0.15, 0.2) is 0 Å². The van der Waals surface area contributed by atoms with Gasteiger partial charge in [-0.3, -0.25) is 9.69 Å². The van der Waals surface area contributed by atoms with Crippen molar-refractivity contribution in [3.63, 3.8) is 0 Å². The van der Waals surface area contributed by atoms with Gasteiger partial charge in [0, 0.05) is 24.8 Å². The molecule has 1 unspecified atom stereocenters. The van der Waals surface area contributed by atoms with Crippen LogP contribution in [-0.4, -0.2) is 42.6 Å². The minimum Gasteiger partial charge on any atom is -0.377 e. The van der Waals surface area contributed by atoms with E-state index in [4.69, 9.17) is 10.5 Å². The van der Waals surface area contributed by atoms with E-state index in [0.717, 1.165) is 32.5 Å². The van der Waals surface area contributed by atoms with Crippen LogP contribution in [0.3, 0.4) is 0 Å². The fourth-order valence-corrected chi connectivity index (χ4v) is 5.14. The normalized spacial score (nSPS) is 35.7. The average Bonchev–Trinajstić information content (AvgIpc) is 3.06. The molecule has 1 amide bonds. The van der Waals surface area contributed by atoms with Crippen LogP contribution in [0, 0.1) is 5.92 Å². The van der Waals surface area contributed by atoms with Crippen molar-refractivity contribution in [3.05, 3.63) is 34.9 Å². The first-order chi connectivity index (χ1) is 11.5. The topological polar surface area (TPSA) is 55.6 Å². The van der Waals surface area contributed by atoms with Gasteiger partial charge in [-0.25, -0.2) is 0 Å². The number of amides is 1. The number of nitrogens with zero attached hydrogens (tertiary/aromatic N) is 1. The van der Waals surface area contributed by atoms with E-state index >= 15 is 0 Å². The van der Waals surface area contributed by atoms with Gasteiger partial charge >= 0.3 is 0 Å². The molecule has 0 spiro atoms. The molecule has 2 fully saturated rings. The van der Waals surface area contributed by atoms with Crippen molar-refractivity contribution >= 4 is 5.91 Å². The Hall–Kier alpha value is -1.39. The number of ether oxygens (including phenoxy) is 1. The number of primary amides is 1. The SMILES string of the molecule is C[C@H]1[C@H]2Cc3ccc(C(N)=O)cc3C1(C)CCN2C[C@@H]1CCCO1. The molecule has 1 aliphatic carbocycles. The summed E-state index contributed by atoms with van der Waals surface area (Å²) in [6.45, 7) is 7.86. The Morgan fingerprint density at radius 3 is 3.00 bits per heavy atom. The van der Waals surface area contributed by atoms with E-state index < -0.39 is 0 Å². The molecule has 2 heterocycles. The maximum atomic E-state index is 11.6. The predicted octanol–water partition coefficient (Wildman–Crippen LogP) is 2.49. The van der Waals surface area contributed by atoms with Crippen LogP contribution >= 0.6 is 0 Å². The lowest BCUT2D eigenvalue weighted by molar-refractivity contribution is -0.00666. The molecule has 0 aromatic heterocycles. The number of likely N-dealkylation sites (tertiary alicyclic amines) is 1. The fraction of sp³-hybridized carbons (Fsp3) is 0.650. The standard InChI is InChI=1S/C20H28N2O2/c1-13-18-11-14-5-6-15(19(21)23)10-17(14)20(13,2)7-8-22(18)12-16-4-3-9-24-16/h5-6,10,13,16,18H,3-4,7-9,11-12H2,1-2H3,(H2,21,23)/t13-,16-,18+,20?/m0/s1. The summed E-state index contributed by atoms with van der Waals surface area (Å²) >= 11 is 0. The first-order valence-corrected chi connectivity index (χ1v) is 9.28. The third kappa shape index (κ3) is 2.47. The number of nitrogens with two attached hydrogens (primary N) is 1. The highest BCUT2D eigenvalue weighted by Crippen LogP contribution is 2.48. The lowest BCUT2D eigenvalue weighted by Gasteiger charge is -2.55. The highest BCUT2D eigenvalue weighted by Gasteiger charge is 2.48. The Morgan fingerprint density at radius 1 is 1.46 bits per heavy atom. The van der Waals surface area contributed by atoms with Crippen LogP contribution in [0.4, 0.5) is 0 Å². The zero-order valence-electron chi connectivity index (χ0n) is 14.8. The molecule has 2 bridgehead atoms. The summed E-state index contributed by atoms with van der Waals surface area (Å²) in [4.78, 5) is 14.3. The van der Waals surface area contributed by atoms with Gasteiger partial charge in [-0.1, -0.05) is 19.9 Å². The number of carbonyl (C=O) groups excluding carboxylic acids is 1. The summed E-state index contributed by atoms with van der Waals surface area (Å²) in [6.07, 6.45) is 5.02. The van der Waals surface area contributed by atoms with E-state index in [9.17, 15) is 4.79 Å². The minimum atomic E-state index is -0.327. The van der Waals surface area contributed by atoms with Crippen LogP contribution in [-0.2, 0) is 16.6 Å². The zero-order valence-corrected chi connectivity index (χ0v) is 14.8. The molecule has 2 N–H and O–H groups in total. The number of fused-ring (bicyclic) bond motifs is 4. The van der Waals surface area contributed by atoms with Crippen molar-refractivity contribution in [2.45, 2.75) is 57.1 Å². The first kappa shape index (κ1) is 16.1. The van der Waals surface area contributed by atoms with Gasteiger partial charge < -0.3 is 10.5 Å². The zero-order chi connectivity index (χ0) is 16.9. The summed E-state index contributed by atoms with van der Waals surface area (Å²) in [5.74, 6) is 0.246. The monoisotopic (exact) mass is 328 g/mol. The molecule has 0 radical (unpaired) electrons. The molecule has 24 heavy (non-hydrogen) atoms. The van der Waals surface area contributed by atoms with Crippen molar-refractivity contribution in [3.8, 4) is 0 Å². The smallest absolute Gasteiger partial charge is 0.248 e. The van der Waals surface area contributed by atoms with Gasteiger partial charge in [0.05, 0.1) is 6.10 Å². The molecule has 4 heteroatoms. The van der Waals surface area contributed by atoms with E-state index in [1.807, 2.05) is 6.07 Å². The number of piperidine rings is 1. The second kappa shape index (κ2) is 5.85. The Morgan fingerprint density at radius 2 is 2.29 bits per heavy atom. The van der Waals surface area contributed by atoms with E-state index in [-0.39, 0.29) is 11.3 Å². The summed E-state index contributed by atoms with van der Waals surface area (Å²) < 4.78 is 5.87. The lowest BCUT2D eigenvalue weighted by atomic mass is 9.59. The van der Waals surface area contributed by atoms with Crippen LogP contribution in [0.1, 0.15) is 54.6 Å². The summed E-state index contributed by atoms with van der Waals surface area (Å²) in [7, 11) is 0. The summed E-state index contributed by atoms with van der Waals surface area (Å²) in [5.41, 5.74) is 9.02. The Balaban J connectivity index is 1.64. The maximum Gasteiger partial charge on any atom is 0.248 e. The Bertz CT molecular complexity index is 653. The first-order valence-electron chi connectivity index (χ1n) is 9.28. The Kier molecular flexibility index (Phi) is 3.92. The van der Waals surface area contributed by atoms with Gasteiger partial charge in [0.25, 0.3) is 0 Å². The van der Waals surface area contributed by atoms with E-state index in [2.05, 4.69) is 30.9 Å². The molecule has 0 saturated carbocycles. The van der Waals surface area contributed by atoms with Crippen LogP contribution in [0.5, 0.6) is 0 Å². The molecular weight excluding hydrogens is 300 g/mol. The molecular formula is C20H28N2O2. The molecule has 4 rings (SSSR count). The molecule has 2 saturated heterocycles. The molecule has 1 aromatic rings. The molecule has 130 valence electrons. The van der Waals surface area contributed by atoms with Crippen LogP contribution in [0.15, 0.2) is 18.2 Å². The second-order valence-corrected chi connectivity index (χ2v) is 8.09. The van der Waals surface area contributed by atoms with E-state index in [0.29, 0.717) is 23.6 Å². The second-order valence-electron chi connectivity index (χ2n) is 8.09. The summed E-state index contributed by atoms with van der Waals surface area (Å²) in [5, 5.41) is 0. The number of benzene rings is 1. The number of hydrogen-bond donors (Lipinski definition) is 1. The quantitative estimate of drug-likeness (QED) is 0.927. The van der Waals surface area contributed by atoms with Crippen molar-refractivity contribution < 1.29 is 9.53 Å². The van der Waals surface area contributed by atoms with Gasteiger partial charge in [0.1, 0.15) is 0 Å². The van der Waals surface area contributed by atoms with Crippen LogP contribution < -0.4 is 5.73 Å². The number of rotatable bonds is 3.